The van der Waals surface area contributed by atoms with Crippen molar-refractivity contribution in [2.75, 3.05) is 18.5 Å². The van der Waals surface area contributed by atoms with E-state index < -0.39 is 11.9 Å². The first-order chi connectivity index (χ1) is 13.5. The van der Waals surface area contributed by atoms with E-state index in [-0.39, 0.29) is 12.4 Å². The normalized spacial score (nSPS) is 10.5. The number of hydrogen-bond acceptors (Lipinski definition) is 6. The van der Waals surface area contributed by atoms with Crippen molar-refractivity contribution in [2.24, 2.45) is 0 Å². The molecule has 0 aliphatic rings. The number of carbonyl (C=O) groups is 2. The van der Waals surface area contributed by atoms with Crippen molar-refractivity contribution in [3.05, 3.63) is 58.9 Å². The first kappa shape index (κ1) is 19.7. The molecule has 6 nitrogen and oxygen atoms in total. The Hall–Kier alpha value is -3.06. The summed E-state index contributed by atoms with van der Waals surface area (Å²) in [6, 6.07) is 10.7. The van der Waals surface area contributed by atoms with Gasteiger partial charge in [-0.05, 0) is 50.6 Å². The Morgan fingerprint density at radius 2 is 1.86 bits per heavy atom. The second-order valence-corrected chi connectivity index (χ2v) is 7.07. The predicted octanol–water partition coefficient (Wildman–Crippen LogP) is 5.14. The van der Waals surface area contributed by atoms with Crippen molar-refractivity contribution in [3.63, 3.8) is 0 Å². The van der Waals surface area contributed by atoms with Crippen molar-refractivity contribution in [1.82, 2.24) is 0 Å². The molecule has 1 amide bonds. The first-order valence-electron chi connectivity index (χ1n) is 8.93. The average Bonchev–Trinajstić information content (AvgIpc) is 3.31. The first-order valence-corrected chi connectivity index (χ1v) is 9.75. The summed E-state index contributed by atoms with van der Waals surface area (Å²) >= 11 is 1.32. The van der Waals surface area contributed by atoms with Crippen molar-refractivity contribution in [2.45, 2.75) is 20.8 Å². The van der Waals surface area contributed by atoms with Gasteiger partial charge in [-0.1, -0.05) is 12.1 Å². The molecular weight excluding hydrogens is 378 g/mol. The van der Waals surface area contributed by atoms with E-state index in [0.717, 1.165) is 21.8 Å². The van der Waals surface area contributed by atoms with Gasteiger partial charge in [0.15, 0.2) is 5.76 Å². The van der Waals surface area contributed by atoms with E-state index in [0.29, 0.717) is 17.2 Å². The smallest absolute Gasteiger partial charge is 0.341 e. The molecule has 0 unspecified atom stereocenters. The molecule has 0 fully saturated rings. The monoisotopic (exact) mass is 399 g/mol. The Balaban J connectivity index is 2.02. The fourth-order valence-corrected chi connectivity index (χ4v) is 3.89. The fraction of sp³-hybridized carbons (Fsp3) is 0.238. The molecule has 0 aliphatic carbocycles. The van der Waals surface area contributed by atoms with Crippen LogP contribution in [0.5, 0.6) is 5.75 Å². The van der Waals surface area contributed by atoms with Crippen LogP contribution in [0.15, 0.2) is 47.1 Å². The zero-order valence-electron chi connectivity index (χ0n) is 15.9. The predicted molar refractivity (Wildman–Crippen MR) is 108 cm³/mol. The minimum absolute atomic E-state index is 0.170. The van der Waals surface area contributed by atoms with Crippen molar-refractivity contribution >= 4 is 28.2 Å². The van der Waals surface area contributed by atoms with Gasteiger partial charge in [-0.3, -0.25) is 4.79 Å². The Labute approximate surface area is 167 Å². The van der Waals surface area contributed by atoms with Gasteiger partial charge in [0.25, 0.3) is 5.91 Å². The summed E-state index contributed by atoms with van der Waals surface area (Å²) in [5, 5.41) is 3.21. The molecule has 0 spiro atoms. The van der Waals surface area contributed by atoms with Crippen molar-refractivity contribution < 1.29 is 23.5 Å². The Kier molecular flexibility index (Phi) is 6.16. The summed E-state index contributed by atoms with van der Waals surface area (Å²) in [6.07, 6.45) is 1.42. The molecule has 146 valence electrons. The highest BCUT2D eigenvalue weighted by Crippen LogP contribution is 2.41. The third kappa shape index (κ3) is 4.09. The number of furan rings is 1. The summed E-state index contributed by atoms with van der Waals surface area (Å²) in [4.78, 5) is 26.0. The highest BCUT2D eigenvalue weighted by Gasteiger charge is 2.26. The van der Waals surface area contributed by atoms with Gasteiger partial charge in [0.05, 0.1) is 19.5 Å². The summed E-state index contributed by atoms with van der Waals surface area (Å²) in [7, 11) is 0. The van der Waals surface area contributed by atoms with E-state index >= 15 is 0 Å². The lowest BCUT2D eigenvalue weighted by Gasteiger charge is -2.09. The fourth-order valence-electron chi connectivity index (χ4n) is 2.84. The molecule has 3 rings (SSSR count). The maximum atomic E-state index is 12.7. The van der Waals surface area contributed by atoms with Crippen LogP contribution in [0.1, 0.15) is 39.6 Å². The van der Waals surface area contributed by atoms with Gasteiger partial charge in [-0.25, -0.2) is 4.79 Å². The summed E-state index contributed by atoms with van der Waals surface area (Å²) in [5.74, 6) is 0.0205. The van der Waals surface area contributed by atoms with Gasteiger partial charge >= 0.3 is 5.97 Å². The molecule has 1 aromatic carbocycles. The molecule has 0 atom stereocenters. The molecule has 7 heteroatoms. The van der Waals surface area contributed by atoms with Crippen LogP contribution < -0.4 is 10.1 Å². The van der Waals surface area contributed by atoms with Gasteiger partial charge in [-0.2, -0.15) is 0 Å². The molecule has 0 aliphatic heterocycles. The lowest BCUT2D eigenvalue weighted by molar-refractivity contribution is 0.0529. The van der Waals surface area contributed by atoms with Gasteiger partial charge in [0, 0.05) is 10.4 Å². The number of esters is 1. The van der Waals surface area contributed by atoms with Crippen LogP contribution in [0.25, 0.3) is 11.1 Å². The number of aryl methyl sites for hydroxylation is 1. The van der Waals surface area contributed by atoms with E-state index in [1.807, 2.05) is 38.1 Å². The van der Waals surface area contributed by atoms with E-state index in [2.05, 4.69) is 5.32 Å². The number of amides is 1. The second-order valence-electron chi connectivity index (χ2n) is 5.85. The van der Waals surface area contributed by atoms with Crippen LogP contribution in [0.3, 0.4) is 0 Å². The summed E-state index contributed by atoms with van der Waals surface area (Å²) in [5.41, 5.74) is 1.92. The molecule has 0 bridgehead atoms. The Bertz CT molecular complexity index is 958. The number of nitrogens with one attached hydrogen (secondary N) is 1. The topological polar surface area (TPSA) is 77.8 Å². The molecule has 2 aromatic heterocycles. The third-order valence-electron chi connectivity index (χ3n) is 3.99. The van der Waals surface area contributed by atoms with Crippen LogP contribution in [-0.2, 0) is 4.74 Å². The quantitative estimate of drug-likeness (QED) is 0.556. The van der Waals surface area contributed by atoms with Gasteiger partial charge in [0.1, 0.15) is 16.3 Å². The Morgan fingerprint density at radius 1 is 1.11 bits per heavy atom. The molecule has 0 radical (unpaired) electrons. The summed E-state index contributed by atoms with van der Waals surface area (Å²) in [6.45, 7) is 6.39. The number of hydrogen-bond donors (Lipinski definition) is 1. The molecular formula is C21H21NO5S. The number of anilines is 1. The minimum Gasteiger partial charge on any atom is -0.494 e. The SMILES string of the molecule is CCOC(=O)c1c(NC(=O)c2ccco2)sc(C)c1-c1ccc(OCC)cc1. The van der Waals surface area contributed by atoms with Gasteiger partial charge < -0.3 is 19.2 Å². The van der Waals surface area contributed by atoms with E-state index in [9.17, 15) is 9.59 Å². The summed E-state index contributed by atoms with van der Waals surface area (Å²) < 4.78 is 15.9. The Morgan fingerprint density at radius 3 is 2.46 bits per heavy atom. The molecule has 28 heavy (non-hydrogen) atoms. The van der Waals surface area contributed by atoms with Crippen LogP contribution >= 0.6 is 11.3 Å². The number of ether oxygens (including phenoxy) is 2. The van der Waals surface area contributed by atoms with Crippen molar-refractivity contribution in [1.29, 1.82) is 0 Å². The lowest BCUT2D eigenvalue weighted by Crippen LogP contribution is -2.14. The average molecular weight is 399 g/mol. The number of carbonyl (C=O) groups excluding carboxylic acids is 2. The van der Waals surface area contributed by atoms with Crippen LogP contribution in [0, 0.1) is 6.92 Å². The maximum Gasteiger partial charge on any atom is 0.341 e. The number of benzene rings is 1. The maximum absolute atomic E-state index is 12.7. The van der Waals surface area contributed by atoms with E-state index in [4.69, 9.17) is 13.9 Å². The number of rotatable bonds is 7. The highest BCUT2D eigenvalue weighted by atomic mass is 32.1. The lowest BCUT2D eigenvalue weighted by atomic mass is 10.0. The highest BCUT2D eigenvalue weighted by molar-refractivity contribution is 7.17. The molecule has 0 saturated heterocycles. The van der Waals surface area contributed by atoms with Gasteiger partial charge in [-0.15, -0.1) is 11.3 Å². The standard InChI is InChI=1S/C21H21NO5S/c1-4-25-15-10-8-14(9-11-15)17-13(3)28-20(18(17)21(24)26-5-2)22-19(23)16-7-6-12-27-16/h6-12H,4-5H2,1-3H3,(H,22,23). The molecule has 3 aromatic rings. The molecule has 1 N–H and O–H groups in total. The third-order valence-corrected chi connectivity index (χ3v) is 5.01. The van der Waals surface area contributed by atoms with Crippen LogP contribution in [-0.4, -0.2) is 25.1 Å². The molecule has 2 heterocycles. The largest absolute Gasteiger partial charge is 0.494 e. The number of thiophene rings is 1. The minimum atomic E-state index is -0.481. The molecule has 0 saturated carbocycles. The van der Waals surface area contributed by atoms with E-state index in [1.54, 1.807) is 19.1 Å². The van der Waals surface area contributed by atoms with Crippen LogP contribution in [0.2, 0.25) is 0 Å². The van der Waals surface area contributed by atoms with Crippen molar-refractivity contribution in [3.8, 4) is 16.9 Å². The van der Waals surface area contributed by atoms with Crippen LogP contribution in [0.4, 0.5) is 5.00 Å². The zero-order valence-corrected chi connectivity index (χ0v) is 16.7. The second kappa shape index (κ2) is 8.75. The van der Waals surface area contributed by atoms with Gasteiger partial charge in [0.2, 0.25) is 0 Å². The zero-order chi connectivity index (χ0) is 20.1. The van der Waals surface area contributed by atoms with E-state index in [1.165, 1.54) is 17.6 Å².